The summed E-state index contributed by atoms with van der Waals surface area (Å²) < 4.78 is 66.1. The number of piperidine rings is 1. The van der Waals surface area contributed by atoms with Crippen LogP contribution in [0.15, 0.2) is 23.1 Å². The third-order valence-electron chi connectivity index (χ3n) is 4.15. The van der Waals surface area contributed by atoms with Gasteiger partial charge in [-0.3, -0.25) is 0 Å². The largest absolute Gasteiger partial charge is 0.417 e. The summed E-state index contributed by atoms with van der Waals surface area (Å²) in [5.41, 5.74) is 4.17. The molecular weight excluding hydrogens is 388 g/mol. The van der Waals surface area contributed by atoms with E-state index in [0.29, 0.717) is 6.42 Å². The number of alkyl halides is 3. The maximum atomic E-state index is 13.2. The number of benzene rings is 1. The monoisotopic (exact) mass is 406 g/mol. The molecule has 1 aliphatic heterocycles. The van der Waals surface area contributed by atoms with Crippen LogP contribution in [0.4, 0.5) is 13.2 Å². The lowest BCUT2D eigenvalue weighted by Gasteiger charge is -2.42. The number of rotatable bonds is 2. The summed E-state index contributed by atoms with van der Waals surface area (Å²) in [4.78, 5) is -0.888. The highest BCUT2D eigenvalue weighted by Crippen LogP contribution is 2.40. The van der Waals surface area contributed by atoms with E-state index in [1.54, 1.807) is 13.8 Å². The van der Waals surface area contributed by atoms with Gasteiger partial charge in [-0.15, -0.1) is 12.4 Å². The van der Waals surface area contributed by atoms with E-state index in [-0.39, 0.29) is 31.5 Å². The maximum absolute atomic E-state index is 13.2. The Morgan fingerprint density at radius 1 is 1.33 bits per heavy atom. The Kier molecular flexibility index (Phi) is 6.27. The minimum atomic E-state index is -4.81. The van der Waals surface area contributed by atoms with Crippen molar-refractivity contribution in [1.82, 2.24) is 4.31 Å². The van der Waals surface area contributed by atoms with Gasteiger partial charge in [0.05, 0.1) is 10.6 Å². The van der Waals surface area contributed by atoms with Crippen molar-refractivity contribution >= 4 is 34.0 Å². The fraction of sp³-hybridized carbons (Fsp3) is 0.571. The zero-order valence-electron chi connectivity index (χ0n) is 13.1. The second-order valence-corrected chi connectivity index (χ2v) is 8.62. The first-order valence-electron chi connectivity index (χ1n) is 6.99. The van der Waals surface area contributed by atoms with Gasteiger partial charge in [-0.2, -0.15) is 17.5 Å². The van der Waals surface area contributed by atoms with Crippen LogP contribution >= 0.6 is 24.0 Å². The topological polar surface area (TPSA) is 63.4 Å². The molecule has 1 heterocycles. The van der Waals surface area contributed by atoms with E-state index in [9.17, 15) is 21.6 Å². The maximum Gasteiger partial charge on any atom is 0.417 e. The molecule has 2 rings (SSSR count). The third-order valence-corrected chi connectivity index (χ3v) is 6.52. The van der Waals surface area contributed by atoms with Crippen LogP contribution in [0, 0.1) is 5.41 Å². The van der Waals surface area contributed by atoms with Crippen molar-refractivity contribution in [2.75, 3.05) is 13.1 Å². The van der Waals surface area contributed by atoms with Crippen molar-refractivity contribution in [3.05, 3.63) is 28.8 Å². The molecule has 1 fully saturated rings. The molecule has 1 saturated heterocycles. The molecule has 2 N–H and O–H groups in total. The molecule has 0 saturated carbocycles. The lowest BCUT2D eigenvalue weighted by atomic mass is 9.81. The highest BCUT2D eigenvalue weighted by molar-refractivity contribution is 7.89. The summed E-state index contributed by atoms with van der Waals surface area (Å²) >= 11 is 5.81. The number of nitrogens with zero attached hydrogens (tertiary/aromatic N) is 1. The first kappa shape index (κ1) is 21.5. The van der Waals surface area contributed by atoms with Gasteiger partial charge >= 0.3 is 6.18 Å². The molecule has 0 amide bonds. The van der Waals surface area contributed by atoms with Gasteiger partial charge in [0.15, 0.2) is 0 Å². The predicted molar refractivity (Wildman–Crippen MR) is 88.8 cm³/mol. The number of nitrogens with two attached hydrogens (primary N) is 1. The Bertz CT molecular complexity index is 708. The van der Waals surface area contributed by atoms with Crippen LogP contribution in [0.5, 0.6) is 0 Å². The van der Waals surface area contributed by atoms with E-state index in [1.165, 1.54) is 0 Å². The summed E-state index contributed by atoms with van der Waals surface area (Å²) in [6.45, 7) is 3.68. The van der Waals surface area contributed by atoms with Crippen LogP contribution in [-0.2, 0) is 16.2 Å². The summed E-state index contributed by atoms with van der Waals surface area (Å²) in [7, 11) is -4.38. The van der Waals surface area contributed by atoms with Gasteiger partial charge in [0.2, 0.25) is 10.0 Å². The molecule has 0 spiro atoms. The van der Waals surface area contributed by atoms with Crippen LogP contribution in [0.25, 0.3) is 0 Å². The third kappa shape index (κ3) is 3.99. The summed E-state index contributed by atoms with van der Waals surface area (Å²) in [5.74, 6) is 0. The molecule has 1 unspecified atom stereocenters. The summed E-state index contributed by atoms with van der Waals surface area (Å²) in [5, 5.41) is -0.437. The quantitative estimate of drug-likeness (QED) is 0.816. The molecule has 0 aromatic heterocycles. The van der Waals surface area contributed by atoms with Crippen molar-refractivity contribution in [3.63, 3.8) is 0 Å². The molecule has 1 aromatic carbocycles. The van der Waals surface area contributed by atoms with Crippen molar-refractivity contribution < 1.29 is 21.6 Å². The second kappa shape index (κ2) is 6.99. The van der Waals surface area contributed by atoms with Crippen molar-refractivity contribution in [1.29, 1.82) is 0 Å². The van der Waals surface area contributed by atoms with Gasteiger partial charge in [0.1, 0.15) is 4.90 Å². The minimum absolute atomic E-state index is 0. The van der Waals surface area contributed by atoms with Crippen LogP contribution in [0.3, 0.4) is 0 Å². The molecule has 1 aliphatic rings. The first-order chi connectivity index (χ1) is 10.4. The highest BCUT2D eigenvalue weighted by Gasteiger charge is 2.44. The fourth-order valence-electron chi connectivity index (χ4n) is 2.65. The van der Waals surface area contributed by atoms with E-state index >= 15 is 0 Å². The lowest BCUT2D eigenvalue weighted by molar-refractivity contribution is -0.139. The highest BCUT2D eigenvalue weighted by atomic mass is 35.5. The number of hydrogen-bond acceptors (Lipinski definition) is 3. The van der Waals surface area contributed by atoms with Gasteiger partial charge in [0, 0.05) is 19.1 Å². The average molecular weight is 407 g/mol. The van der Waals surface area contributed by atoms with Crippen molar-refractivity contribution in [2.45, 2.75) is 37.4 Å². The van der Waals surface area contributed by atoms with Crippen LogP contribution < -0.4 is 5.73 Å². The Morgan fingerprint density at radius 3 is 2.42 bits per heavy atom. The number of hydrogen-bond donors (Lipinski definition) is 1. The molecule has 0 bridgehead atoms. The molecule has 10 heteroatoms. The Labute approximate surface area is 150 Å². The Balaban J connectivity index is 0.00000288. The first-order valence-corrected chi connectivity index (χ1v) is 8.80. The summed E-state index contributed by atoms with van der Waals surface area (Å²) in [6.07, 6.45) is -4.44. The van der Waals surface area contributed by atoms with Crippen LogP contribution in [0.2, 0.25) is 5.02 Å². The van der Waals surface area contributed by atoms with Crippen molar-refractivity contribution in [2.24, 2.45) is 11.1 Å². The van der Waals surface area contributed by atoms with E-state index in [1.807, 2.05) is 0 Å². The van der Waals surface area contributed by atoms with Crippen LogP contribution in [0.1, 0.15) is 25.8 Å². The molecular formula is C14H19Cl2F3N2O2S. The second-order valence-electron chi connectivity index (χ2n) is 6.34. The van der Waals surface area contributed by atoms with Gasteiger partial charge in [-0.1, -0.05) is 31.5 Å². The van der Waals surface area contributed by atoms with E-state index in [0.717, 1.165) is 22.5 Å². The van der Waals surface area contributed by atoms with Gasteiger partial charge in [-0.05, 0) is 24.0 Å². The van der Waals surface area contributed by atoms with Gasteiger partial charge < -0.3 is 5.73 Å². The SMILES string of the molecule is CC1(C)CN(S(=O)(=O)c2c(Cl)cccc2C(F)(F)F)CCC1N.Cl. The minimum Gasteiger partial charge on any atom is -0.327 e. The molecule has 1 atom stereocenters. The summed E-state index contributed by atoms with van der Waals surface area (Å²) in [6, 6.07) is 2.73. The Morgan fingerprint density at radius 2 is 1.92 bits per heavy atom. The average Bonchev–Trinajstić information content (AvgIpc) is 2.40. The Hall–Kier alpha value is -0.540. The molecule has 138 valence electrons. The normalized spacial score (nSPS) is 22.0. The number of sulfonamides is 1. The predicted octanol–water partition coefficient (Wildman–Crippen LogP) is 3.53. The fourth-order valence-corrected chi connectivity index (χ4v) is 5.00. The van der Waals surface area contributed by atoms with Crippen molar-refractivity contribution in [3.8, 4) is 0 Å². The zero-order chi connectivity index (χ0) is 17.6. The van der Waals surface area contributed by atoms with Gasteiger partial charge in [-0.25, -0.2) is 8.42 Å². The molecule has 4 nitrogen and oxygen atoms in total. The van der Waals surface area contributed by atoms with E-state index < -0.39 is 37.1 Å². The standard InChI is InChI=1S/C14H18ClF3N2O2S.ClH/c1-13(2)8-20(7-6-11(13)19)23(21,22)12-9(14(16,17)18)4-3-5-10(12)15;/h3-5,11H,6-8,19H2,1-2H3;1H. The van der Waals surface area contributed by atoms with E-state index in [2.05, 4.69) is 0 Å². The van der Waals surface area contributed by atoms with E-state index in [4.69, 9.17) is 17.3 Å². The molecule has 0 aliphatic carbocycles. The molecule has 0 radical (unpaired) electrons. The van der Waals surface area contributed by atoms with Gasteiger partial charge in [0.25, 0.3) is 0 Å². The smallest absolute Gasteiger partial charge is 0.327 e. The van der Waals surface area contributed by atoms with Crippen LogP contribution in [-0.4, -0.2) is 31.9 Å². The zero-order valence-corrected chi connectivity index (χ0v) is 15.5. The molecule has 24 heavy (non-hydrogen) atoms. The molecule has 1 aromatic rings. The number of halogens is 5. The lowest BCUT2D eigenvalue weighted by Crippen LogP contribution is -2.54.